The summed E-state index contributed by atoms with van der Waals surface area (Å²) in [7, 11) is 0. The van der Waals surface area contributed by atoms with Crippen LogP contribution >= 0.6 is 0 Å². The van der Waals surface area contributed by atoms with Crippen LogP contribution in [0.3, 0.4) is 0 Å². The van der Waals surface area contributed by atoms with Crippen LogP contribution in [-0.2, 0) is 11.8 Å². The van der Waals surface area contributed by atoms with Gasteiger partial charge in [0, 0.05) is 0 Å². The van der Waals surface area contributed by atoms with Crippen LogP contribution in [0.2, 0.25) is 0 Å². The van der Waals surface area contributed by atoms with Gasteiger partial charge in [-0.25, -0.2) is 0 Å². The number of fused-ring (bicyclic) bond motifs is 3. The molecule has 0 saturated heterocycles. The molecule has 0 radical (unpaired) electrons. The largest absolute Gasteiger partial charge is 0.508 e. The van der Waals surface area contributed by atoms with Crippen LogP contribution in [0.1, 0.15) is 85.7 Å². The van der Waals surface area contributed by atoms with Gasteiger partial charge in [-0.05, 0) is 71.1 Å². The molecule has 1 nitrogen and oxygen atoms in total. The monoisotopic (exact) mass is 288 g/mol. The summed E-state index contributed by atoms with van der Waals surface area (Å²) in [5, 5.41) is 10.5. The Morgan fingerprint density at radius 1 is 1.24 bits per heavy atom. The second kappa shape index (κ2) is 4.76. The zero-order valence-corrected chi connectivity index (χ0v) is 14.1. The van der Waals surface area contributed by atoms with E-state index in [1.165, 1.54) is 18.4 Å². The van der Waals surface area contributed by atoms with E-state index in [0.717, 1.165) is 30.4 Å². The fourth-order valence-electron chi connectivity index (χ4n) is 5.33. The predicted molar refractivity (Wildman–Crippen MR) is 89.0 cm³/mol. The predicted octanol–water partition coefficient (Wildman–Crippen LogP) is 5.55. The molecule has 116 valence electrons. The van der Waals surface area contributed by atoms with Gasteiger partial charge in [0.1, 0.15) is 5.75 Å². The molecule has 21 heavy (non-hydrogen) atoms. The van der Waals surface area contributed by atoms with E-state index in [0.29, 0.717) is 5.92 Å². The minimum Gasteiger partial charge on any atom is -0.508 e. The third kappa shape index (κ3) is 2.12. The maximum Gasteiger partial charge on any atom is 0.119 e. The average Bonchev–Trinajstić information content (AvgIpc) is 2.43. The summed E-state index contributed by atoms with van der Waals surface area (Å²) in [5.41, 5.74) is 3.43. The van der Waals surface area contributed by atoms with E-state index < -0.39 is 0 Å². The van der Waals surface area contributed by atoms with Crippen LogP contribution in [0.15, 0.2) is 12.1 Å². The van der Waals surface area contributed by atoms with Crippen molar-refractivity contribution in [2.45, 2.75) is 78.1 Å². The standard InChI is InChI=1S/C20H30O/c1-13(2)18-14-7-10-17-19(3,4)11-6-12-20(17,5)15(14)8-9-16(18)21/h8-9,13,17,21H,6-7,10-12H2,1-5H3/t17-,20+/m0/s1/i8D,9D. The van der Waals surface area contributed by atoms with Crippen molar-refractivity contribution in [1.82, 2.24) is 0 Å². The lowest BCUT2D eigenvalue weighted by Crippen LogP contribution is -2.48. The molecule has 1 saturated carbocycles. The summed E-state index contributed by atoms with van der Waals surface area (Å²) >= 11 is 0. The van der Waals surface area contributed by atoms with Gasteiger partial charge in [-0.3, -0.25) is 0 Å². The van der Waals surface area contributed by atoms with Crippen LogP contribution in [0.4, 0.5) is 0 Å². The molecule has 0 heterocycles. The van der Waals surface area contributed by atoms with Crippen LogP contribution < -0.4 is 0 Å². The van der Waals surface area contributed by atoms with Gasteiger partial charge in [-0.2, -0.15) is 0 Å². The quantitative estimate of drug-likeness (QED) is 0.718. The van der Waals surface area contributed by atoms with Gasteiger partial charge < -0.3 is 5.11 Å². The Hall–Kier alpha value is -0.980. The highest BCUT2D eigenvalue weighted by Gasteiger charge is 2.50. The molecule has 1 N–H and O–H groups in total. The highest BCUT2D eigenvalue weighted by Crippen LogP contribution is 2.58. The van der Waals surface area contributed by atoms with Crippen molar-refractivity contribution in [2.75, 3.05) is 0 Å². The van der Waals surface area contributed by atoms with E-state index in [9.17, 15) is 5.11 Å². The number of aromatic hydroxyl groups is 1. The molecule has 1 fully saturated rings. The molecule has 0 amide bonds. The van der Waals surface area contributed by atoms with Crippen molar-refractivity contribution in [2.24, 2.45) is 11.3 Å². The molecule has 0 unspecified atom stereocenters. The second-order valence-corrected chi connectivity index (χ2v) is 8.37. The Morgan fingerprint density at radius 3 is 2.62 bits per heavy atom. The first-order chi connectivity index (χ1) is 10.6. The number of hydrogen-bond acceptors (Lipinski definition) is 1. The zero-order valence-electron chi connectivity index (χ0n) is 16.1. The van der Waals surface area contributed by atoms with E-state index in [1.54, 1.807) is 0 Å². The van der Waals surface area contributed by atoms with E-state index in [-0.39, 0.29) is 34.6 Å². The van der Waals surface area contributed by atoms with E-state index in [1.807, 2.05) is 0 Å². The Morgan fingerprint density at radius 2 is 1.95 bits per heavy atom. The average molecular weight is 288 g/mol. The Labute approximate surface area is 132 Å². The smallest absolute Gasteiger partial charge is 0.119 e. The van der Waals surface area contributed by atoms with Gasteiger partial charge in [0.25, 0.3) is 0 Å². The van der Waals surface area contributed by atoms with Gasteiger partial charge in [-0.1, -0.05) is 47.1 Å². The van der Waals surface area contributed by atoms with E-state index in [4.69, 9.17) is 2.74 Å². The second-order valence-electron chi connectivity index (χ2n) is 8.37. The lowest BCUT2D eigenvalue weighted by Gasteiger charge is -2.54. The summed E-state index contributed by atoms with van der Waals surface area (Å²) in [4.78, 5) is 0. The third-order valence-electron chi connectivity index (χ3n) is 6.25. The first-order valence-electron chi connectivity index (χ1n) is 9.46. The van der Waals surface area contributed by atoms with Gasteiger partial charge in [0.05, 0.1) is 2.74 Å². The van der Waals surface area contributed by atoms with Crippen molar-refractivity contribution in [3.63, 3.8) is 0 Å². The summed E-state index contributed by atoms with van der Waals surface area (Å²) < 4.78 is 16.9. The Kier molecular flexibility index (Phi) is 2.85. The lowest BCUT2D eigenvalue weighted by molar-refractivity contribution is 0.0404. The highest BCUT2D eigenvalue weighted by molar-refractivity contribution is 5.51. The molecule has 1 aromatic carbocycles. The maximum absolute atomic E-state index is 10.5. The van der Waals surface area contributed by atoms with Crippen molar-refractivity contribution in [3.8, 4) is 5.75 Å². The number of phenols is 1. The molecule has 0 aromatic heterocycles. The molecule has 0 spiro atoms. The fraction of sp³-hybridized carbons (Fsp3) is 0.700. The SMILES string of the molecule is [2H]c1c([2H])c2c(c(C(C)C)c1O)CC[C@H]1C(C)(C)CCC[C@]21C. The summed E-state index contributed by atoms with van der Waals surface area (Å²) in [6.07, 6.45) is 5.60. The molecule has 0 bridgehead atoms. The van der Waals surface area contributed by atoms with Gasteiger partial charge in [0.15, 0.2) is 0 Å². The first-order valence-corrected chi connectivity index (χ1v) is 8.46. The molecular weight excluding hydrogens is 256 g/mol. The molecule has 2 aliphatic rings. The minimum absolute atomic E-state index is 0.0257. The zero-order chi connectivity index (χ0) is 17.2. The van der Waals surface area contributed by atoms with Gasteiger partial charge in [-0.15, -0.1) is 0 Å². The fourth-order valence-corrected chi connectivity index (χ4v) is 5.33. The molecule has 1 heteroatoms. The van der Waals surface area contributed by atoms with Gasteiger partial charge in [0.2, 0.25) is 0 Å². The molecular formula is C20H30O. The molecule has 2 atom stereocenters. The molecule has 1 aromatic rings. The van der Waals surface area contributed by atoms with Crippen LogP contribution in [-0.4, -0.2) is 5.11 Å². The van der Waals surface area contributed by atoms with Crippen molar-refractivity contribution >= 4 is 0 Å². The van der Waals surface area contributed by atoms with Gasteiger partial charge >= 0.3 is 0 Å². The number of benzene rings is 1. The molecule has 2 aliphatic carbocycles. The van der Waals surface area contributed by atoms with Crippen molar-refractivity contribution < 1.29 is 7.85 Å². The Balaban J connectivity index is 2.30. The molecule has 0 aliphatic heterocycles. The van der Waals surface area contributed by atoms with Crippen molar-refractivity contribution in [1.29, 1.82) is 0 Å². The Bertz CT molecular complexity index is 648. The molecule has 3 rings (SSSR count). The van der Waals surface area contributed by atoms with E-state index in [2.05, 4.69) is 34.6 Å². The van der Waals surface area contributed by atoms with Crippen LogP contribution in [0.5, 0.6) is 5.75 Å². The third-order valence-corrected chi connectivity index (χ3v) is 6.25. The topological polar surface area (TPSA) is 20.2 Å². The highest BCUT2D eigenvalue weighted by atomic mass is 16.3. The first kappa shape index (κ1) is 12.6. The maximum atomic E-state index is 10.5. The normalized spacial score (nSPS) is 32.2. The lowest BCUT2D eigenvalue weighted by atomic mass is 9.50. The number of phenolic OH excluding ortho intramolecular Hbond substituents is 1. The van der Waals surface area contributed by atoms with Crippen LogP contribution in [0.25, 0.3) is 0 Å². The van der Waals surface area contributed by atoms with Crippen LogP contribution in [0, 0.1) is 11.3 Å². The summed E-state index contributed by atoms with van der Waals surface area (Å²) in [6.45, 7) is 11.2. The summed E-state index contributed by atoms with van der Waals surface area (Å²) in [5.74, 6) is 0.787. The number of hydrogen-bond donors (Lipinski definition) is 1. The summed E-state index contributed by atoms with van der Waals surface area (Å²) in [6, 6.07) is 0.296. The van der Waals surface area contributed by atoms with Crippen molar-refractivity contribution in [3.05, 3.63) is 28.8 Å². The van der Waals surface area contributed by atoms with E-state index >= 15 is 0 Å². The number of rotatable bonds is 1. The minimum atomic E-state index is -0.0282.